The van der Waals surface area contributed by atoms with Gasteiger partial charge in [-0.05, 0) is 49.2 Å². The van der Waals surface area contributed by atoms with E-state index < -0.39 is 5.97 Å². The Kier molecular flexibility index (Phi) is 8.26. The van der Waals surface area contributed by atoms with Gasteiger partial charge in [-0.2, -0.15) is 0 Å². The average Bonchev–Trinajstić information content (AvgIpc) is 3.19. The summed E-state index contributed by atoms with van der Waals surface area (Å²) in [5.41, 5.74) is 3.10. The van der Waals surface area contributed by atoms with Gasteiger partial charge in [-0.15, -0.1) is 16.8 Å². The van der Waals surface area contributed by atoms with Crippen LogP contribution in [0.25, 0.3) is 0 Å². The summed E-state index contributed by atoms with van der Waals surface area (Å²) in [6.07, 6.45) is 1.75. The normalized spacial score (nSPS) is 10.5. The third-order valence-corrected chi connectivity index (χ3v) is 5.75. The van der Waals surface area contributed by atoms with Crippen LogP contribution in [-0.2, 0) is 22.7 Å². The topological polar surface area (TPSA) is 95.3 Å². The molecule has 3 aromatic rings. The van der Waals surface area contributed by atoms with Gasteiger partial charge in [0.05, 0.1) is 18.4 Å². The summed E-state index contributed by atoms with van der Waals surface area (Å²) in [5, 5.41) is 11.9. The van der Waals surface area contributed by atoms with Crippen LogP contribution in [0.3, 0.4) is 0 Å². The molecule has 1 N–H and O–H groups in total. The van der Waals surface area contributed by atoms with Crippen LogP contribution < -0.4 is 10.1 Å². The van der Waals surface area contributed by atoms with Crippen molar-refractivity contribution >= 4 is 29.3 Å². The van der Waals surface area contributed by atoms with E-state index in [9.17, 15) is 9.59 Å². The van der Waals surface area contributed by atoms with E-state index in [1.165, 1.54) is 18.9 Å². The molecule has 8 nitrogen and oxygen atoms in total. The Bertz CT molecular complexity index is 1120. The lowest BCUT2D eigenvalue weighted by Crippen LogP contribution is -2.15. The van der Waals surface area contributed by atoms with Crippen LogP contribution in [0.2, 0.25) is 0 Å². The third kappa shape index (κ3) is 6.23. The molecule has 3 rings (SSSR count). The summed E-state index contributed by atoms with van der Waals surface area (Å²) >= 11 is 1.27. The Hall–Kier alpha value is -3.59. The maximum Gasteiger partial charge on any atom is 0.337 e. The van der Waals surface area contributed by atoms with Crippen LogP contribution in [0.15, 0.2) is 60.3 Å². The van der Waals surface area contributed by atoms with E-state index >= 15 is 0 Å². The minimum atomic E-state index is -0.428. The summed E-state index contributed by atoms with van der Waals surface area (Å²) in [5.74, 6) is 0.997. The first kappa shape index (κ1) is 24.1. The Morgan fingerprint density at radius 3 is 2.45 bits per heavy atom. The van der Waals surface area contributed by atoms with Gasteiger partial charge in [0.2, 0.25) is 5.91 Å². The molecule has 1 amide bonds. The number of allylic oxidation sites excluding steroid dienone is 1. The van der Waals surface area contributed by atoms with Gasteiger partial charge in [-0.1, -0.05) is 36.0 Å². The Morgan fingerprint density at radius 1 is 1.12 bits per heavy atom. The first-order valence-electron chi connectivity index (χ1n) is 10.3. The second-order valence-corrected chi connectivity index (χ2v) is 8.16. The lowest BCUT2D eigenvalue weighted by molar-refractivity contribution is -0.113. The summed E-state index contributed by atoms with van der Waals surface area (Å²) in [4.78, 5) is 23.9. The van der Waals surface area contributed by atoms with Crippen LogP contribution in [0.1, 0.15) is 27.3 Å². The fourth-order valence-corrected chi connectivity index (χ4v) is 3.91. The van der Waals surface area contributed by atoms with Crippen molar-refractivity contribution in [2.24, 2.45) is 0 Å². The largest absolute Gasteiger partial charge is 0.485 e. The number of amides is 1. The molecule has 33 heavy (non-hydrogen) atoms. The summed E-state index contributed by atoms with van der Waals surface area (Å²) in [6.45, 7) is 8.55. The third-order valence-electron chi connectivity index (χ3n) is 4.78. The van der Waals surface area contributed by atoms with E-state index in [4.69, 9.17) is 4.74 Å². The van der Waals surface area contributed by atoms with Crippen molar-refractivity contribution in [3.63, 3.8) is 0 Å². The number of ether oxygens (including phenoxy) is 2. The lowest BCUT2D eigenvalue weighted by Gasteiger charge is -2.12. The number of para-hydroxylation sites is 1. The van der Waals surface area contributed by atoms with Crippen molar-refractivity contribution in [1.29, 1.82) is 0 Å². The molecule has 172 valence electrons. The SMILES string of the molecule is C=CCn1c(COc2c(C)cccc2C)nnc1SCC(=O)Nc1ccc(C(=O)OC)cc1. The van der Waals surface area contributed by atoms with Crippen molar-refractivity contribution in [3.05, 3.63) is 77.6 Å². The number of carbonyl (C=O) groups is 2. The van der Waals surface area contributed by atoms with Gasteiger partial charge in [0.1, 0.15) is 12.4 Å². The van der Waals surface area contributed by atoms with Crippen LogP contribution in [0, 0.1) is 13.8 Å². The van der Waals surface area contributed by atoms with Gasteiger partial charge in [-0.25, -0.2) is 4.79 Å². The summed E-state index contributed by atoms with van der Waals surface area (Å²) < 4.78 is 12.6. The van der Waals surface area contributed by atoms with E-state index in [0.29, 0.717) is 28.8 Å². The van der Waals surface area contributed by atoms with Crippen molar-refractivity contribution in [2.75, 3.05) is 18.2 Å². The molecule has 1 aromatic heterocycles. The molecule has 9 heteroatoms. The minimum absolute atomic E-state index is 0.145. The molecule has 0 aliphatic heterocycles. The maximum absolute atomic E-state index is 12.4. The zero-order valence-electron chi connectivity index (χ0n) is 18.8. The van der Waals surface area contributed by atoms with E-state index in [1.54, 1.807) is 30.3 Å². The molecule has 0 unspecified atom stereocenters. The Labute approximate surface area is 197 Å². The molecular formula is C24H26N4O4S. The van der Waals surface area contributed by atoms with Crippen molar-refractivity contribution in [2.45, 2.75) is 32.2 Å². The molecular weight excluding hydrogens is 440 g/mol. The predicted molar refractivity (Wildman–Crippen MR) is 128 cm³/mol. The molecule has 0 atom stereocenters. The second-order valence-electron chi connectivity index (χ2n) is 7.21. The van der Waals surface area contributed by atoms with Gasteiger partial charge in [0, 0.05) is 12.2 Å². The second kappa shape index (κ2) is 11.3. The number of aromatic nitrogens is 3. The highest BCUT2D eigenvalue weighted by molar-refractivity contribution is 7.99. The molecule has 0 saturated carbocycles. The maximum atomic E-state index is 12.4. The number of rotatable bonds is 10. The van der Waals surface area contributed by atoms with Gasteiger partial charge in [0.25, 0.3) is 0 Å². The van der Waals surface area contributed by atoms with Gasteiger partial charge in [0.15, 0.2) is 11.0 Å². The molecule has 0 fully saturated rings. The van der Waals surface area contributed by atoms with Crippen molar-refractivity contribution in [1.82, 2.24) is 14.8 Å². The van der Waals surface area contributed by atoms with Gasteiger partial charge in [-0.3, -0.25) is 9.36 Å². The number of nitrogens with one attached hydrogen (secondary N) is 1. The average molecular weight is 467 g/mol. The standard InChI is InChI=1S/C24H26N4O4S/c1-5-13-28-20(14-32-22-16(2)7-6-8-17(22)3)26-27-24(28)33-15-21(29)25-19-11-9-18(10-12-19)23(30)31-4/h5-12H,1,13-15H2,2-4H3,(H,25,29). The highest BCUT2D eigenvalue weighted by Crippen LogP contribution is 2.24. The highest BCUT2D eigenvalue weighted by atomic mass is 32.2. The van der Waals surface area contributed by atoms with E-state index in [0.717, 1.165) is 16.9 Å². The number of aryl methyl sites for hydroxylation is 2. The van der Waals surface area contributed by atoms with E-state index in [-0.39, 0.29) is 18.3 Å². The van der Waals surface area contributed by atoms with E-state index in [2.05, 4.69) is 26.8 Å². The van der Waals surface area contributed by atoms with Crippen LogP contribution >= 0.6 is 11.8 Å². The summed E-state index contributed by atoms with van der Waals surface area (Å²) in [6, 6.07) is 12.5. The van der Waals surface area contributed by atoms with Crippen LogP contribution in [0.5, 0.6) is 5.75 Å². The molecule has 0 aliphatic rings. The number of nitrogens with zero attached hydrogens (tertiary/aromatic N) is 3. The fourth-order valence-electron chi connectivity index (χ4n) is 3.14. The number of thioether (sulfide) groups is 1. The molecule has 0 bridgehead atoms. The quantitative estimate of drug-likeness (QED) is 0.272. The zero-order chi connectivity index (χ0) is 23.8. The van der Waals surface area contributed by atoms with Gasteiger partial charge >= 0.3 is 5.97 Å². The molecule has 0 radical (unpaired) electrons. The molecule has 0 spiro atoms. The minimum Gasteiger partial charge on any atom is -0.485 e. The number of methoxy groups -OCH3 is 1. The zero-order valence-corrected chi connectivity index (χ0v) is 19.6. The number of carbonyl (C=O) groups excluding carboxylic acids is 2. The molecule has 2 aromatic carbocycles. The number of hydrogen-bond donors (Lipinski definition) is 1. The predicted octanol–water partition coefficient (Wildman–Crippen LogP) is 4.18. The first-order valence-corrected chi connectivity index (χ1v) is 11.2. The Morgan fingerprint density at radius 2 is 1.82 bits per heavy atom. The number of benzene rings is 2. The van der Waals surface area contributed by atoms with Crippen molar-refractivity contribution < 1.29 is 19.1 Å². The van der Waals surface area contributed by atoms with Crippen LogP contribution in [-0.4, -0.2) is 39.5 Å². The highest BCUT2D eigenvalue weighted by Gasteiger charge is 2.15. The number of esters is 1. The van der Waals surface area contributed by atoms with Crippen LogP contribution in [0.4, 0.5) is 5.69 Å². The van der Waals surface area contributed by atoms with Crippen molar-refractivity contribution in [3.8, 4) is 5.75 Å². The number of hydrogen-bond acceptors (Lipinski definition) is 7. The number of anilines is 1. The first-order chi connectivity index (χ1) is 15.9. The molecule has 1 heterocycles. The van der Waals surface area contributed by atoms with Gasteiger partial charge < -0.3 is 14.8 Å². The monoisotopic (exact) mass is 466 g/mol. The smallest absolute Gasteiger partial charge is 0.337 e. The summed E-state index contributed by atoms with van der Waals surface area (Å²) in [7, 11) is 1.32. The fraction of sp³-hybridized carbons (Fsp3) is 0.250. The molecule has 0 saturated heterocycles. The Balaban J connectivity index is 1.61. The van der Waals surface area contributed by atoms with E-state index in [1.807, 2.05) is 36.6 Å². The lowest BCUT2D eigenvalue weighted by atomic mass is 10.1. The molecule has 0 aliphatic carbocycles.